The molecule has 7 nitrogen and oxygen atoms in total. The van der Waals surface area contributed by atoms with E-state index in [1.54, 1.807) is 31.4 Å². The molecule has 3 aromatic rings. The molecule has 0 aliphatic heterocycles. The third kappa shape index (κ3) is 8.36. The minimum atomic E-state index is -0.385. The molecule has 0 heterocycles. The summed E-state index contributed by atoms with van der Waals surface area (Å²) in [4.78, 5) is 24.2. The molecule has 0 bridgehead atoms. The number of carbonyl (C=O) groups is 2. The fourth-order valence-corrected chi connectivity index (χ4v) is 4.07. The number of methoxy groups -OCH3 is 1. The number of nitrogens with zero attached hydrogens (tertiary/aromatic N) is 1. The molecule has 0 atom stereocenters. The van der Waals surface area contributed by atoms with Crippen LogP contribution in [0.1, 0.15) is 29.5 Å². The lowest BCUT2D eigenvalue weighted by molar-refractivity contribution is -0.124. The number of hydrogen-bond donors (Lipinski definition) is 2. The quantitative estimate of drug-likeness (QED) is 0.193. The Balaban J connectivity index is 1.51. The first-order valence-electron chi connectivity index (χ1n) is 10.9. The van der Waals surface area contributed by atoms with E-state index in [1.165, 1.54) is 6.21 Å². The summed E-state index contributed by atoms with van der Waals surface area (Å²) in [5, 5.41) is 7.26. The van der Waals surface area contributed by atoms with Crippen LogP contribution in [-0.2, 0) is 16.2 Å². The Morgan fingerprint density at radius 3 is 2.44 bits per heavy atom. The molecule has 10 heteroatoms. The van der Waals surface area contributed by atoms with Crippen LogP contribution in [0.2, 0.25) is 5.02 Å². The summed E-state index contributed by atoms with van der Waals surface area (Å²) >= 11 is 13.0. The van der Waals surface area contributed by atoms with Crippen LogP contribution >= 0.6 is 43.5 Å². The number of benzene rings is 3. The Hall–Kier alpha value is -2.88. The van der Waals surface area contributed by atoms with Gasteiger partial charge in [-0.1, -0.05) is 45.7 Å². The minimum absolute atomic E-state index is 0.0105. The van der Waals surface area contributed by atoms with E-state index >= 15 is 0 Å². The first kappa shape index (κ1) is 27.7. The van der Waals surface area contributed by atoms with Crippen molar-refractivity contribution < 1.29 is 19.1 Å². The maximum absolute atomic E-state index is 12.1. The normalized spacial score (nSPS) is 10.8. The van der Waals surface area contributed by atoms with E-state index in [0.29, 0.717) is 38.9 Å². The minimum Gasteiger partial charge on any atom is -0.493 e. The van der Waals surface area contributed by atoms with Gasteiger partial charge in [0.15, 0.2) is 11.5 Å². The van der Waals surface area contributed by atoms with Crippen LogP contribution < -0.4 is 20.2 Å². The van der Waals surface area contributed by atoms with Crippen LogP contribution in [0, 0.1) is 6.92 Å². The van der Waals surface area contributed by atoms with Crippen molar-refractivity contribution in [1.29, 1.82) is 0 Å². The van der Waals surface area contributed by atoms with E-state index in [9.17, 15) is 9.59 Å². The van der Waals surface area contributed by atoms with E-state index in [1.807, 2.05) is 37.3 Å². The number of hydrazone groups is 1. The van der Waals surface area contributed by atoms with Crippen LogP contribution in [-0.4, -0.2) is 25.1 Å². The van der Waals surface area contributed by atoms with Crippen molar-refractivity contribution >= 4 is 67.2 Å². The Kier molecular flexibility index (Phi) is 10.3. The standard InChI is InChI=1S/C26H24Br2ClN3O4/c1-16-3-8-20(13-22(16)29)31-24(33)9-10-25(34)32-30-14-18-11-21(28)26(23(12-18)35-2)36-15-17-4-6-19(27)7-5-17/h3-8,11-14H,9-10,15H2,1-2H3,(H,31,33)(H,32,34). The highest BCUT2D eigenvalue weighted by Crippen LogP contribution is 2.37. The van der Waals surface area contributed by atoms with Crippen LogP contribution in [0.15, 0.2) is 68.6 Å². The second-order valence-corrected chi connectivity index (χ2v) is 9.93. The van der Waals surface area contributed by atoms with Crippen LogP contribution in [0.4, 0.5) is 5.69 Å². The number of anilines is 1. The summed E-state index contributed by atoms with van der Waals surface area (Å²) < 4.78 is 13.1. The van der Waals surface area contributed by atoms with Crippen molar-refractivity contribution in [2.24, 2.45) is 5.10 Å². The molecule has 0 aliphatic rings. The van der Waals surface area contributed by atoms with Crippen molar-refractivity contribution in [1.82, 2.24) is 5.43 Å². The molecule has 0 radical (unpaired) electrons. The lowest BCUT2D eigenvalue weighted by Gasteiger charge is -2.13. The van der Waals surface area contributed by atoms with Gasteiger partial charge in [0, 0.05) is 28.0 Å². The SMILES string of the molecule is COc1cc(C=NNC(=O)CCC(=O)Nc2ccc(C)c(Cl)c2)cc(Br)c1OCc1ccc(Br)cc1. The van der Waals surface area contributed by atoms with Crippen LogP contribution in [0.5, 0.6) is 11.5 Å². The molecule has 2 N–H and O–H groups in total. The highest BCUT2D eigenvalue weighted by molar-refractivity contribution is 9.10. The van der Waals surface area contributed by atoms with Gasteiger partial charge < -0.3 is 14.8 Å². The Morgan fingerprint density at radius 1 is 1.03 bits per heavy atom. The zero-order chi connectivity index (χ0) is 26.1. The molecule has 2 amide bonds. The lowest BCUT2D eigenvalue weighted by atomic mass is 10.2. The highest BCUT2D eigenvalue weighted by Gasteiger charge is 2.12. The predicted octanol–water partition coefficient (Wildman–Crippen LogP) is 6.63. The average Bonchev–Trinajstić information content (AvgIpc) is 2.85. The summed E-state index contributed by atoms with van der Waals surface area (Å²) in [6.07, 6.45) is 1.48. The van der Waals surface area contributed by atoms with Crippen molar-refractivity contribution in [3.05, 3.63) is 85.3 Å². The van der Waals surface area contributed by atoms with Gasteiger partial charge in [-0.15, -0.1) is 0 Å². The second kappa shape index (κ2) is 13.4. The predicted molar refractivity (Wildman–Crippen MR) is 149 cm³/mol. The second-order valence-electron chi connectivity index (χ2n) is 7.75. The van der Waals surface area contributed by atoms with Crippen LogP contribution in [0.3, 0.4) is 0 Å². The van der Waals surface area contributed by atoms with Crippen molar-refractivity contribution in [3.8, 4) is 11.5 Å². The zero-order valence-corrected chi connectivity index (χ0v) is 23.5. The number of nitrogens with one attached hydrogen (secondary N) is 2. The van der Waals surface area contributed by atoms with E-state index in [4.69, 9.17) is 21.1 Å². The number of aryl methyl sites for hydroxylation is 1. The maximum Gasteiger partial charge on any atom is 0.240 e. The summed E-state index contributed by atoms with van der Waals surface area (Å²) in [5.41, 5.74) is 5.62. The zero-order valence-electron chi connectivity index (χ0n) is 19.6. The first-order chi connectivity index (χ1) is 17.2. The van der Waals surface area contributed by atoms with E-state index in [0.717, 1.165) is 15.6 Å². The number of amides is 2. The molecule has 0 aromatic heterocycles. The van der Waals surface area contributed by atoms with Gasteiger partial charge in [-0.3, -0.25) is 9.59 Å². The lowest BCUT2D eigenvalue weighted by Crippen LogP contribution is -2.20. The van der Waals surface area contributed by atoms with Gasteiger partial charge in [-0.25, -0.2) is 5.43 Å². The van der Waals surface area contributed by atoms with Crippen LogP contribution in [0.25, 0.3) is 0 Å². The number of hydrogen-bond acceptors (Lipinski definition) is 5. The monoisotopic (exact) mass is 635 g/mol. The third-order valence-corrected chi connectivity index (χ3v) is 6.51. The Morgan fingerprint density at radius 2 is 1.75 bits per heavy atom. The van der Waals surface area contributed by atoms with Gasteiger partial charge >= 0.3 is 0 Å². The van der Waals surface area contributed by atoms with Gasteiger partial charge in [0.05, 0.1) is 17.8 Å². The summed E-state index contributed by atoms with van der Waals surface area (Å²) in [7, 11) is 1.55. The molecule has 0 fully saturated rings. The molecule has 36 heavy (non-hydrogen) atoms. The average molecular weight is 638 g/mol. The van der Waals surface area contributed by atoms with E-state index < -0.39 is 0 Å². The summed E-state index contributed by atoms with van der Waals surface area (Å²) in [6, 6.07) is 16.6. The largest absolute Gasteiger partial charge is 0.493 e. The molecule has 3 rings (SSSR count). The fourth-order valence-electron chi connectivity index (χ4n) is 3.05. The molecule has 0 aliphatic carbocycles. The molecular formula is C26H24Br2ClN3O4. The van der Waals surface area contributed by atoms with Crippen molar-refractivity contribution in [2.75, 3.05) is 12.4 Å². The van der Waals surface area contributed by atoms with E-state index in [-0.39, 0.29) is 24.7 Å². The summed E-state index contributed by atoms with van der Waals surface area (Å²) in [5.74, 6) is 0.398. The third-order valence-electron chi connectivity index (χ3n) is 4.99. The number of halogens is 3. The summed E-state index contributed by atoms with van der Waals surface area (Å²) in [6.45, 7) is 2.25. The number of ether oxygens (including phenoxy) is 2. The van der Waals surface area contributed by atoms with Gasteiger partial charge in [0.25, 0.3) is 0 Å². The molecule has 188 valence electrons. The molecule has 3 aromatic carbocycles. The molecule has 0 saturated heterocycles. The molecular weight excluding hydrogens is 614 g/mol. The molecule has 0 spiro atoms. The van der Waals surface area contributed by atoms with E-state index in [2.05, 4.69) is 47.7 Å². The topological polar surface area (TPSA) is 89.0 Å². The van der Waals surface area contributed by atoms with Crippen molar-refractivity contribution in [2.45, 2.75) is 26.4 Å². The fraction of sp³-hybridized carbons (Fsp3) is 0.192. The highest BCUT2D eigenvalue weighted by atomic mass is 79.9. The van der Waals surface area contributed by atoms with Gasteiger partial charge in [-0.2, -0.15) is 5.10 Å². The molecule has 0 saturated carbocycles. The number of carbonyl (C=O) groups excluding carboxylic acids is 2. The van der Waals surface area contributed by atoms with Gasteiger partial charge in [-0.05, 0) is 75.9 Å². The van der Waals surface area contributed by atoms with Gasteiger partial charge in [0.1, 0.15) is 6.61 Å². The maximum atomic E-state index is 12.1. The Bertz CT molecular complexity index is 1270. The number of rotatable bonds is 10. The van der Waals surface area contributed by atoms with Crippen molar-refractivity contribution in [3.63, 3.8) is 0 Å². The first-order valence-corrected chi connectivity index (χ1v) is 12.8. The smallest absolute Gasteiger partial charge is 0.240 e. The Labute approximate surface area is 231 Å². The molecule has 0 unspecified atom stereocenters. The van der Waals surface area contributed by atoms with Gasteiger partial charge in [0.2, 0.25) is 11.8 Å².